The molecular weight excluding hydrogens is 206 g/mol. The molecule has 0 aliphatic heterocycles. The van der Waals surface area contributed by atoms with Crippen LogP contribution in [0.2, 0.25) is 0 Å². The molecule has 0 aromatic carbocycles. The zero-order valence-corrected chi connectivity index (χ0v) is 10.5. The summed E-state index contributed by atoms with van der Waals surface area (Å²) in [5.74, 6) is 0.837. The summed E-state index contributed by atoms with van der Waals surface area (Å²) in [4.78, 5) is 11.2. The Balaban J connectivity index is 2.26. The number of carbonyl (C=O) groups excluding carboxylic acids is 1. The average molecular weight is 229 g/mol. The number of carbonyl (C=O) groups is 1. The fourth-order valence-corrected chi connectivity index (χ4v) is 2.32. The van der Waals surface area contributed by atoms with Crippen molar-refractivity contribution in [2.75, 3.05) is 20.2 Å². The summed E-state index contributed by atoms with van der Waals surface area (Å²) in [6.07, 6.45) is 3.83. The van der Waals surface area contributed by atoms with Gasteiger partial charge in [0.15, 0.2) is 5.60 Å². The van der Waals surface area contributed by atoms with Crippen LogP contribution in [0.25, 0.3) is 0 Å². The van der Waals surface area contributed by atoms with Gasteiger partial charge < -0.3 is 15.2 Å². The number of rotatable bonds is 5. The highest BCUT2D eigenvalue weighted by Gasteiger charge is 2.31. The van der Waals surface area contributed by atoms with Crippen molar-refractivity contribution >= 4 is 5.97 Å². The molecule has 0 heterocycles. The second kappa shape index (κ2) is 5.64. The number of aliphatic hydroxyl groups is 1. The van der Waals surface area contributed by atoms with Crippen molar-refractivity contribution in [1.82, 2.24) is 5.32 Å². The molecule has 1 aliphatic carbocycles. The minimum atomic E-state index is -1.42. The largest absolute Gasteiger partial charge is 0.467 e. The Morgan fingerprint density at radius 3 is 2.75 bits per heavy atom. The Morgan fingerprint density at radius 2 is 2.25 bits per heavy atom. The van der Waals surface area contributed by atoms with Gasteiger partial charge in [-0.05, 0) is 31.7 Å². The van der Waals surface area contributed by atoms with Crippen molar-refractivity contribution in [3.8, 4) is 0 Å². The van der Waals surface area contributed by atoms with Crippen molar-refractivity contribution in [3.05, 3.63) is 0 Å². The zero-order chi connectivity index (χ0) is 12.2. The number of nitrogens with one attached hydrogen (secondary N) is 1. The van der Waals surface area contributed by atoms with Crippen molar-refractivity contribution in [3.63, 3.8) is 0 Å². The maximum absolute atomic E-state index is 11.2. The maximum atomic E-state index is 11.2. The van der Waals surface area contributed by atoms with Crippen molar-refractivity contribution in [2.24, 2.45) is 11.8 Å². The quantitative estimate of drug-likeness (QED) is 0.689. The summed E-state index contributed by atoms with van der Waals surface area (Å²) in [6.45, 7) is 4.86. The third-order valence-electron chi connectivity index (χ3n) is 3.54. The standard InChI is InChI=1S/C12H23NO3/c1-9-5-4-6-10(9)7-13-8-12(2,15)11(14)16-3/h9-10,13,15H,4-8H2,1-3H3. The number of methoxy groups -OCH3 is 1. The van der Waals surface area contributed by atoms with Crippen LogP contribution in [0.4, 0.5) is 0 Å². The van der Waals surface area contributed by atoms with Crippen LogP contribution in [0, 0.1) is 11.8 Å². The minimum Gasteiger partial charge on any atom is -0.467 e. The molecule has 0 aromatic heterocycles. The molecule has 0 spiro atoms. The molecule has 0 bridgehead atoms. The monoisotopic (exact) mass is 229 g/mol. The van der Waals surface area contributed by atoms with E-state index in [-0.39, 0.29) is 6.54 Å². The van der Waals surface area contributed by atoms with Gasteiger partial charge in [0.2, 0.25) is 0 Å². The molecule has 0 aromatic rings. The molecule has 3 unspecified atom stereocenters. The molecule has 4 nitrogen and oxygen atoms in total. The highest BCUT2D eigenvalue weighted by Crippen LogP contribution is 2.30. The van der Waals surface area contributed by atoms with Gasteiger partial charge in [0.05, 0.1) is 7.11 Å². The Bertz CT molecular complexity index is 240. The average Bonchev–Trinajstić information content (AvgIpc) is 2.63. The molecule has 94 valence electrons. The van der Waals surface area contributed by atoms with Crippen LogP contribution >= 0.6 is 0 Å². The van der Waals surface area contributed by atoms with Crippen LogP contribution in [0.15, 0.2) is 0 Å². The van der Waals surface area contributed by atoms with E-state index in [1.807, 2.05) is 0 Å². The molecule has 3 atom stereocenters. The molecule has 0 amide bonds. The number of esters is 1. The van der Waals surface area contributed by atoms with Gasteiger partial charge in [0.1, 0.15) is 0 Å². The lowest BCUT2D eigenvalue weighted by molar-refractivity contribution is -0.159. The van der Waals surface area contributed by atoms with E-state index in [0.717, 1.165) is 12.5 Å². The van der Waals surface area contributed by atoms with Gasteiger partial charge in [0, 0.05) is 6.54 Å². The summed E-state index contributed by atoms with van der Waals surface area (Å²) >= 11 is 0. The van der Waals surface area contributed by atoms with E-state index in [0.29, 0.717) is 5.92 Å². The normalized spacial score (nSPS) is 28.8. The number of ether oxygens (including phenoxy) is 1. The molecule has 1 saturated carbocycles. The highest BCUT2D eigenvalue weighted by atomic mass is 16.5. The van der Waals surface area contributed by atoms with Crippen LogP contribution in [0.3, 0.4) is 0 Å². The molecule has 0 radical (unpaired) electrons. The fourth-order valence-electron chi connectivity index (χ4n) is 2.32. The lowest BCUT2D eigenvalue weighted by Gasteiger charge is -2.23. The van der Waals surface area contributed by atoms with Crippen LogP contribution < -0.4 is 5.32 Å². The fraction of sp³-hybridized carbons (Fsp3) is 0.917. The molecule has 1 aliphatic rings. The summed E-state index contributed by atoms with van der Waals surface area (Å²) < 4.78 is 4.53. The van der Waals surface area contributed by atoms with Crippen LogP contribution in [0.1, 0.15) is 33.1 Å². The van der Waals surface area contributed by atoms with Crippen molar-refractivity contribution < 1.29 is 14.6 Å². The third kappa shape index (κ3) is 3.46. The van der Waals surface area contributed by atoms with E-state index >= 15 is 0 Å². The molecule has 2 N–H and O–H groups in total. The van der Waals surface area contributed by atoms with Gasteiger partial charge in [-0.3, -0.25) is 0 Å². The lowest BCUT2D eigenvalue weighted by Crippen LogP contribution is -2.46. The second-order valence-corrected chi connectivity index (χ2v) is 5.06. The first-order chi connectivity index (χ1) is 7.47. The molecule has 4 heteroatoms. The van der Waals surface area contributed by atoms with Gasteiger partial charge in [0.25, 0.3) is 0 Å². The lowest BCUT2D eigenvalue weighted by atomic mass is 9.98. The van der Waals surface area contributed by atoms with E-state index in [1.165, 1.54) is 33.3 Å². The smallest absolute Gasteiger partial charge is 0.338 e. The van der Waals surface area contributed by atoms with Crippen molar-refractivity contribution in [1.29, 1.82) is 0 Å². The van der Waals surface area contributed by atoms with Crippen LogP contribution in [-0.2, 0) is 9.53 Å². The molecule has 1 rings (SSSR count). The molecule has 16 heavy (non-hydrogen) atoms. The topological polar surface area (TPSA) is 58.6 Å². The summed E-state index contributed by atoms with van der Waals surface area (Å²) in [7, 11) is 1.29. The van der Waals surface area contributed by atoms with Crippen molar-refractivity contribution in [2.45, 2.75) is 38.7 Å². The zero-order valence-electron chi connectivity index (χ0n) is 10.5. The molecule has 1 fully saturated rings. The Kier molecular flexibility index (Phi) is 4.74. The Morgan fingerprint density at radius 1 is 1.56 bits per heavy atom. The molecule has 0 saturated heterocycles. The maximum Gasteiger partial charge on any atom is 0.338 e. The minimum absolute atomic E-state index is 0.253. The summed E-state index contributed by atoms with van der Waals surface area (Å²) in [6, 6.07) is 0. The van der Waals surface area contributed by atoms with E-state index in [1.54, 1.807) is 0 Å². The highest BCUT2D eigenvalue weighted by molar-refractivity contribution is 5.78. The van der Waals surface area contributed by atoms with Gasteiger partial charge in [-0.1, -0.05) is 19.8 Å². The van der Waals surface area contributed by atoms with Gasteiger partial charge >= 0.3 is 5.97 Å². The number of hydrogen-bond donors (Lipinski definition) is 2. The van der Waals surface area contributed by atoms with E-state index in [4.69, 9.17) is 0 Å². The SMILES string of the molecule is COC(=O)C(C)(O)CNCC1CCCC1C. The Hall–Kier alpha value is -0.610. The predicted molar refractivity (Wildman–Crippen MR) is 62.0 cm³/mol. The first-order valence-electron chi connectivity index (χ1n) is 5.99. The van der Waals surface area contributed by atoms with Gasteiger partial charge in [-0.15, -0.1) is 0 Å². The van der Waals surface area contributed by atoms with E-state index in [2.05, 4.69) is 17.0 Å². The van der Waals surface area contributed by atoms with E-state index < -0.39 is 11.6 Å². The van der Waals surface area contributed by atoms with Crippen LogP contribution in [0.5, 0.6) is 0 Å². The molecular formula is C12H23NO3. The Labute approximate surface area is 97.4 Å². The first kappa shape index (κ1) is 13.5. The first-order valence-corrected chi connectivity index (χ1v) is 5.99. The third-order valence-corrected chi connectivity index (χ3v) is 3.54. The second-order valence-electron chi connectivity index (χ2n) is 5.06. The predicted octanol–water partition coefficient (Wildman–Crippen LogP) is 0.936. The summed E-state index contributed by atoms with van der Waals surface area (Å²) in [5, 5.41) is 12.9. The van der Waals surface area contributed by atoms with Crippen LogP contribution in [-0.4, -0.2) is 36.9 Å². The van der Waals surface area contributed by atoms with E-state index in [9.17, 15) is 9.90 Å². The van der Waals surface area contributed by atoms with Gasteiger partial charge in [-0.25, -0.2) is 4.79 Å². The number of hydrogen-bond acceptors (Lipinski definition) is 4. The summed E-state index contributed by atoms with van der Waals surface area (Å²) in [5.41, 5.74) is -1.42. The van der Waals surface area contributed by atoms with Gasteiger partial charge in [-0.2, -0.15) is 0 Å².